The molecular formula is C7H9F6NO2. The van der Waals surface area contributed by atoms with Crippen molar-refractivity contribution < 1.29 is 35.9 Å². The molecule has 1 atom stereocenters. The van der Waals surface area contributed by atoms with Gasteiger partial charge in [0.25, 0.3) is 0 Å². The number of primary amides is 1. The van der Waals surface area contributed by atoms with E-state index < -0.39 is 30.5 Å². The maximum absolute atomic E-state index is 12.0. The van der Waals surface area contributed by atoms with Crippen LogP contribution in [0.1, 0.15) is 13.3 Å². The van der Waals surface area contributed by atoms with Gasteiger partial charge in [0.05, 0.1) is 0 Å². The van der Waals surface area contributed by atoms with Crippen LogP contribution in [0.5, 0.6) is 0 Å². The van der Waals surface area contributed by atoms with Crippen molar-refractivity contribution in [1.29, 1.82) is 0 Å². The molecule has 2 N–H and O–H groups in total. The number of carbonyl (C=O) groups is 1. The molecule has 0 aliphatic heterocycles. The number of hydrogen-bond acceptors (Lipinski definition) is 2. The second-order valence-corrected chi connectivity index (χ2v) is 2.90. The molecule has 1 unspecified atom stereocenters. The minimum absolute atomic E-state index is 0.377. The minimum Gasteiger partial charge on any atom is -0.367 e. The standard InChI is InChI=1S/C7H9F6NO2/c1-2-3(4(14)15)16-5(6(8,9)10)7(11,12)13/h3,5H,2H2,1H3,(H2,14,15). The van der Waals surface area contributed by atoms with Crippen LogP contribution in [0.3, 0.4) is 0 Å². The van der Waals surface area contributed by atoms with Gasteiger partial charge in [-0.3, -0.25) is 4.79 Å². The van der Waals surface area contributed by atoms with E-state index >= 15 is 0 Å². The van der Waals surface area contributed by atoms with Gasteiger partial charge in [-0.15, -0.1) is 0 Å². The Bertz CT molecular complexity index is 234. The third-order valence-electron chi connectivity index (χ3n) is 1.58. The number of ether oxygens (including phenoxy) is 1. The average molecular weight is 253 g/mol. The Labute approximate surface area is 86.5 Å². The van der Waals surface area contributed by atoms with Gasteiger partial charge in [-0.1, -0.05) is 6.92 Å². The lowest BCUT2D eigenvalue weighted by atomic mass is 10.2. The molecule has 3 nitrogen and oxygen atoms in total. The van der Waals surface area contributed by atoms with Gasteiger partial charge in [0, 0.05) is 0 Å². The summed E-state index contributed by atoms with van der Waals surface area (Å²) in [5.41, 5.74) is 4.58. The lowest BCUT2D eigenvalue weighted by Crippen LogP contribution is -2.48. The van der Waals surface area contributed by atoms with Crippen molar-refractivity contribution in [2.24, 2.45) is 5.73 Å². The Hall–Kier alpha value is -0.990. The zero-order chi connectivity index (χ0) is 13.1. The van der Waals surface area contributed by atoms with E-state index in [4.69, 9.17) is 0 Å². The van der Waals surface area contributed by atoms with Crippen LogP contribution in [0, 0.1) is 0 Å². The van der Waals surface area contributed by atoms with Gasteiger partial charge >= 0.3 is 12.4 Å². The molecule has 0 aromatic heterocycles. The highest BCUT2D eigenvalue weighted by Crippen LogP contribution is 2.36. The van der Waals surface area contributed by atoms with Crippen LogP contribution in [0.4, 0.5) is 26.3 Å². The predicted octanol–water partition coefficient (Wildman–Crippen LogP) is 1.76. The van der Waals surface area contributed by atoms with Crippen LogP contribution in [-0.2, 0) is 9.53 Å². The molecule has 0 aliphatic carbocycles. The predicted molar refractivity (Wildman–Crippen MR) is 40.3 cm³/mol. The molecule has 0 aromatic carbocycles. The second kappa shape index (κ2) is 4.89. The SMILES string of the molecule is CCC(OC(C(F)(F)F)C(F)(F)F)C(N)=O. The molecule has 0 rings (SSSR count). The van der Waals surface area contributed by atoms with E-state index in [0.29, 0.717) is 0 Å². The zero-order valence-electron chi connectivity index (χ0n) is 8.02. The molecule has 0 fully saturated rings. The summed E-state index contributed by atoms with van der Waals surface area (Å²) in [4.78, 5) is 10.5. The van der Waals surface area contributed by atoms with Crippen LogP contribution >= 0.6 is 0 Å². The Morgan fingerprint density at radius 2 is 1.56 bits per heavy atom. The molecule has 0 spiro atoms. The van der Waals surface area contributed by atoms with Crippen molar-refractivity contribution in [3.63, 3.8) is 0 Å². The third-order valence-corrected chi connectivity index (χ3v) is 1.58. The molecule has 0 saturated heterocycles. The van der Waals surface area contributed by atoms with Crippen LogP contribution in [0.25, 0.3) is 0 Å². The van der Waals surface area contributed by atoms with E-state index in [2.05, 4.69) is 10.5 Å². The number of carbonyl (C=O) groups excluding carboxylic acids is 1. The molecule has 0 radical (unpaired) electrons. The Balaban J connectivity index is 4.88. The van der Waals surface area contributed by atoms with Crippen LogP contribution in [0.2, 0.25) is 0 Å². The van der Waals surface area contributed by atoms with Gasteiger partial charge in [0.2, 0.25) is 12.0 Å². The van der Waals surface area contributed by atoms with Gasteiger partial charge in [0.15, 0.2) is 0 Å². The highest BCUT2D eigenvalue weighted by Gasteiger charge is 2.59. The van der Waals surface area contributed by atoms with Crippen LogP contribution in [0.15, 0.2) is 0 Å². The molecule has 16 heavy (non-hydrogen) atoms. The summed E-state index contributed by atoms with van der Waals surface area (Å²) in [6, 6.07) is 0. The summed E-state index contributed by atoms with van der Waals surface area (Å²) in [6.07, 6.45) is -17.6. The van der Waals surface area contributed by atoms with Gasteiger partial charge in [-0.25, -0.2) is 0 Å². The number of nitrogens with two attached hydrogens (primary N) is 1. The molecule has 9 heteroatoms. The largest absolute Gasteiger partial charge is 0.423 e. The highest BCUT2D eigenvalue weighted by atomic mass is 19.4. The number of amides is 1. The minimum atomic E-state index is -5.64. The first-order chi connectivity index (χ1) is 7.00. The van der Waals surface area contributed by atoms with E-state index in [9.17, 15) is 31.1 Å². The molecule has 96 valence electrons. The number of alkyl halides is 6. The molecule has 0 aliphatic rings. The van der Waals surface area contributed by atoms with Crippen molar-refractivity contribution >= 4 is 5.91 Å². The molecule has 0 aromatic rings. The maximum atomic E-state index is 12.0. The molecule has 0 heterocycles. The summed E-state index contributed by atoms with van der Waals surface area (Å²) >= 11 is 0. The van der Waals surface area contributed by atoms with Gasteiger partial charge < -0.3 is 10.5 Å². The van der Waals surface area contributed by atoms with E-state index in [1.54, 1.807) is 0 Å². The topological polar surface area (TPSA) is 52.3 Å². The summed E-state index contributed by atoms with van der Waals surface area (Å²) < 4.78 is 75.5. The van der Waals surface area contributed by atoms with E-state index in [1.165, 1.54) is 6.92 Å². The lowest BCUT2D eigenvalue weighted by molar-refractivity contribution is -0.328. The zero-order valence-corrected chi connectivity index (χ0v) is 8.02. The quantitative estimate of drug-likeness (QED) is 0.776. The van der Waals surface area contributed by atoms with Crippen LogP contribution < -0.4 is 5.73 Å². The van der Waals surface area contributed by atoms with E-state index in [-0.39, 0.29) is 6.42 Å². The van der Waals surface area contributed by atoms with Crippen LogP contribution in [-0.4, -0.2) is 30.5 Å². The van der Waals surface area contributed by atoms with Crippen molar-refractivity contribution in [3.05, 3.63) is 0 Å². The smallest absolute Gasteiger partial charge is 0.367 e. The summed E-state index contributed by atoms with van der Waals surface area (Å²) in [7, 11) is 0. The maximum Gasteiger partial charge on any atom is 0.423 e. The first kappa shape index (κ1) is 15.0. The van der Waals surface area contributed by atoms with Crippen molar-refractivity contribution in [3.8, 4) is 0 Å². The Morgan fingerprint density at radius 3 is 1.75 bits per heavy atom. The first-order valence-corrected chi connectivity index (χ1v) is 4.08. The second-order valence-electron chi connectivity index (χ2n) is 2.90. The highest BCUT2D eigenvalue weighted by molar-refractivity contribution is 5.78. The summed E-state index contributed by atoms with van der Waals surface area (Å²) in [5, 5.41) is 0. The van der Waals surface area contributed by atoms with Crippen molar-refractivity contribution in [2.75, 3.05) is 0 Å². The number of halogens is 6. The normalized spacial score (nSPS) is 15.2. The van der Waals surface area contributed by atoms with Crippen molar-refractivity contribution in [2.45, 2.75) is 37.9 Å². The first-order valence-electron chi connectivity index (χ1n) is 4.08. The van der Waals surface area contributed by atoms with Gasteiger partial charge in [0.1, 0.15) is 6.10 Å². The molecule has 0 saturated carbocycles. The third kappa shape index (κ3) is 4.25. The summed E-state index contributed by atoms with van der Waals surface area (Å²) in [6.45, 7) is 1.18. The molecule has 1 amide bonds. The van der Waals surface area contributed by atoms with E-state index in [0.717, 1.165) is 0 Å². The summed E-state index contributed by atoms with van der Waals surface area (Å²) in [5.74, 6) is -1.37. The number of rotatable bonds is 4. The fraction of sp³-hybridized carbons (Fsp3) is 0.857. The fourth-order valence-electron chi connectivity index (χ4n) is 0.869. The lowest BCUT2D eigenvalue weighted by Gasteiger charge is -2.26. The fourth-order valence-corrected chi connectivity index (χ4v) is 0.869. The van der Waals surface area contributed by atoms with Crippen molar-refractivity contribution in [1.82, 2.24) is 0 Å². The average Bonchev–Trinajstić information content (AvgIpc) is 1.99. The Kier molecular flexibility index (Phi) is 4.59. The van der Waals surface area contributed by atoms with Gasteiger partial charge in [-0.05, 0) is 6.42 Å². The van der Waals surface area contributed by atoms with E-state index in [1.807, 2.05) is 0 Å². The molecular weight excluding hydrogens is 244 g/mol. The Morgan fingerprint density at radius 1 is 1.19 bits per heavy atom. The number of hydrogen-bond donors (Lipinski definition) is 1. The monoisotopic (exact) mass is 253 g/mol. The molecule has 0 bridgehead atoms. The van der Waals surface area contributed by atoms with Gasteiger partial charge in [-0.2, -0.15) is 26.3 Å².